The van der Waals surface area contributed by atoms with Crippen molar-refractivity contribution in [3.8, 4) is 0 Å². The number of primary amides is 1. The molecule has 4 N–H and O–H groups in total. The van der Waals surface area contributed by atoms with Crippen LogP contribution in [0.25, 0.3) is 0 Å². The SMILES string of the molecule is NC(=O)c1ccc(F)c(CNCC2(O)CCCCC2)c1. The van der Waals surface area contributed by atoms with E-state index in [0.29, 0.717) is 17.7 Å². The van der Waals surface area contributed by atoms with Gasteiger partial charge in [-0.1, -0.05) is 19.3 Å². The summed E-state index contributed by atoms with van der Waals surface area (Å²) in [7, 11) is 0. The standard InChI is InChI=1S/C15H21FN2O2/c16-13-5-4-11(14(17)19)8-12(13)9-18-10-15(20)6-2-1-3-7-15/h4-5,8,18,20H,1-3,6-7,9-10H2,(H2,17,19). The van der Waals surface area contributed by atoms with Gasteiger partial charge in [-0.25, -0.2) is 4.39 Å². The van der Waals surface area contributed by atoms with E-state index in [9.17, 15) is 14.3 Å². The normalized spacial score (nSPS) is 17.9. The van der Waals surface area contributed by atoms with Gasteiger partial charge in [-0.15, -0.1) is 0 Å². The maximum absolute atomic E-state index is 13.6. The minimum absolute atomic E-state index is 0.273. The second kappa shape index (κ2) is 6.33. The average molecular weight is 280 g/mol. The molecule has 1 aliphatic carbocycles. The van der Waals surface area contributed by atoms with Gasteiger partial charge < -0.3 is 16.2 Å². The number of halogens is 1. The van der Waals surface area contributed by atoms with Crippen LogP contribution in [0, 0.1) is 5.82 Å². The van der Waals surface area contributed by atoms with Crippen molar-refractivity contribution in [1.82, 2.24) is 5.32 Å². The molecule has 0 atom stereocenters. The molecule has 0 bridgehead atoms. The van der Waals surface area contributed by atoms with Crippen molar-refractivity contribution in [3.63, 3.8) is 0 Å². The summed E-state index contributed by atoms with van der Waals surface area (Å²) in [5, 5.41) is 13.4. The number of nitrogens with two attached hydrogens (primary N) is 1. The zero-order valence-electron chi connectivity index (χ0n) is 11.5. The Kier molecular flexibility index (Phi) is 4.73. The highest BCUT2D eigenvalue weighted by Gasteiger charge is 2.28. The third kappa shape index (κ3) is 3.77. The topological polar surface area (TPSA) is 75.4 Å². The fraction of sp³-hybridized carbons (Fsp3) is 0.533. The molecule has 4 nitrogen and oxygen atoms in total. The molecule has 20 heavy (non-hydrogen) atoms. The summed E-state index contributed by atoms with van der Waals surface area (Å²) < 4.78 is 13.6. The first-order valence-corrected chi connectivity index (χ1v) is 7.01. The Labute approximate surface area is 118 Å². The van der Waals surface area contributed by atoms with Crippen molar-refractivity contribution in [1.29, 1.82) is 0 Å². The lowest BCUT2D eigenvalue weighted by molar-refractivity contribution is 0.00461. The van der Waals surface area contributed by atoms with Crippen LogP contribution in [0.3, 0.4) is 0 Å². The number of hydrogen-bond acceptors (Lipinski definition) is 3. The summed E-state index contributed by atoms with van der Waals surface area (Å²) in [5.74, 6) is -0.949. The highest BCUT2D eigenvalue weighted by atomic mass is 19.1. The number of aliphatic hydroxyl groups is 1. The minimum atomic E-state index is -0.685. The Morgan fingerprint density at radius 2 is 2.05 bits per heavy atom. The third-order valence-electron chi connectivity index (χ3n) is 3.88. The number of benzene rings is 1. The number of carbonyl (C=O) groups is 1. The third-order valence-corrected chi connectivity index (χ3v) is 3.88. The number of nitrogens with one attached hydrogen (secondary N) is 1. The summed E-state index contributed by atoms with van der Waals surface area (Å²) in [6, 6.07) is 4.07. The molecule has 0 aromatic heterocycles. The van der Waals surface area contributed by atoms with Gasteiger partial charge in [-0.2, -0.15) is 0 Å². The van der Waals surface area contributed by atoms with E-state index in [1.165, 1.54) is 18.2 Å². The van der Waals surface area contributed by atoms with Crippen LogP contribution >= 0.6 is 0 Å². The first-order valence-electron chi connectivity index (χ1n) is 7.01. The van der Waals surface area contributed by atoms with Crippen LogP contribution in [0.4, 0.5) is 4.39 Å². The van der Waals surface area contributed by atoms with E-state index >= 15 is 0 Å². The van der Waals surface area contributed by atoms with Crippen LogP contribution in [0.15, 0.2) is 18.2 Å². The summed E-state index contributed by atoms with van der Waals surface area (Å²) in [5.41, 5.74) is 5.17. The second-order valence-electron chi connectivity index (χ2n) is 5.56. The molecule has 0 saturated heterocycles. The van der Waals surface area contributed by atoms with Crippen molar-refractivity contribution in [3.05, 3.63) is 35.1 Å². The molecule has 1 saturated carbocycles. The Balaban J connectivity index is 1.93. The lowest BCUT2D eigenvalue weighted by Crippen LogP contribution is -2.42. The Morgan fingerprint density at radius 1 is 1.35 bits per heavy atom. The second-order valence-corrected chi connectivity index (χ2v) is 5.56. The summed E-state index contributed by atoms with van der Waals surface area (Å²) >= 11 is 0. The lowest BCUT2D eigenvalue weighted by Gasteiger charge is -2.32. The van der Waals surface area contributed by atoms with Crippen LogP contribution in [-0.2, 0) is 6.54 Å². The molecule has 0 aliphatic heterocycles. The first-order chi connectivity index (χ1) is 9.50. The molecule has 1 aromatic carbocycles. The molecule has 110 valence electrons. The van der Waals surface area contributed by atoms with Gasteiger partial charge in [-0.05, 0) is 31.0 Å². The molecular weight excluding hydrogens is 259 g/mol. The van der Waals surface area contributed by atoms with Crippen molar-refractivity contribution < 1.29 is 14.3 Å². The Morgan fingerprint density at radius 3 is 2.70 bits per heavy atom. The number of amides is 1. The van der Waals surface area contributed by atoms with E-state index in [0.717, 1.165) is 32.1 Å². The van der Waals surface area contributed by atoms with Crippen LogP contribution in [0.1, 0.15) is 48.0 Å². The molecule has 2 rings (SSSR count). The smallest absolute Gasteiger partial charge is 0.248 e. The fourth-order valence-corrected chi connectivity index (χ4v) is 2.68. The molecule has 5 heteroatoms. The van der Waals surface area contributed by atoms with Gasteiger partial charge >= 0.3 is 0 Å². The predicted octanol–water partition coefficient (Wildman–Crippen LogP) is 1.71. The molecule has 0 spiro atoms. The number of rotatable bonds is 5. The minimum Gasteiger partial charge on any atom is -0.389 e. The molecular formula is C15H21FN2O2. The lowest BCUT2D eigenvalue weighted by atomic mass is 9.85. The Hall–Kier alpha value is -1.46. The van der Waals surface area contributed by atoms with Gasteiger partial charge in [0.05, 0.1) is 5.60 Å². The summed E-state index contributed by atoms with van der Waals surface area (Å²) in [6.07, 6.45) is 4.79. The molecule has 0 heterocycles. The van der Waals surface area contributed by atoms with E-state index in [1.807, 2.05) is 0 Å². The zero-order valence-corrected chi connectivity index (χ0v) is 11.5. The molecule has 0 radical (unpaired) electrons. The van der Waals surface area contributed by atoms with Crippen molar-refractivity contribution in [2.75, 3.05) is 6.54 Å². The highest BCUT2D eigenvalue weighted by Crippen LogP contribution is 2.27. The quantitative estimate of drug-likeness (QED) is 0.768. The maximum atomic E-state index is 13.6. The van der Waals surface area contributed by atoms with Gasteiger partial charge in [-0.3, -0.25) is 4.79 Å². The van der Waals surface area contributed by atoms with Gasteiger partial charge in [0, 0.05) is 24.2 Å². The molecule has 0 unspecified atom stereocenters. The van der Waals surface area contributed by atoms with E-state index in [1.54, 1.807) is 0 Å². The largest absolute Gasteiger partial charge is 0.389 e. The molecule has 1 aliphatic rings. The average Bonchev–Trinajstić information content (AvgIpc) is 2.41. The summed E-state index contributed by atoms with van der Waals surface area (Å²) in [6.45, 7) is 0.711. The predicted molar refractivity (Wildman–Crippen MR) is 74.7 cm³/mol. The first kappa shape index (κ1) is 14.9. The van der Waals surface area contributed by atoms with Crippen LogP contribution in [0.5, 0.6) is 0 Å². The molecule has 1 aromatic rings. The monoisotopic (exact) mass is 280 g/mol. The van der Waals surface area contributed by atoms with Gasteiger partial charge in [0.25, 0.3) is 0 Å². The van der Waals surface area contributed by atoms with E-state index in [4.69, 9.17) is 5.73 Å². The molecule has 1 fully saturated rings. The van der Waals surface area contributed by atoms with Crippen LogP contribution < -0.4 is 11.1 Å². The van der Waals surface area contributed by atoms with Crippen molar-refractivity contribution in [2.24, 2.45) is 5.73 Å². The van der Waals surface area contributed by atoms with Gasteiger partial charge in [0.2, 0.25) is 5.91 Å². The van der Waals surface area contributed by atoms with Gasteiger partial charge in [0.15, 0.2) is 0 Å². The van der Waals surface area contributed by atoms with E-state index in [2.05, 4.69) is 5.32 Å². The fourth-order valence-electron chi connectivity index (χ4n) is 2.68. The number of carbonyl (C=O) groups excluding carboxylic acids is 1. The van der Waals surface area contributed by atoms with Crippen LogP contribution in [-0.4, -0.2) is 23.2 Å². The van der Waals surface area contributed by atoms with E-state index in [-0.39, 0.29) is 12.4 Å². The Bertz CT molecular complexity index is 485. The summed E-state index contributed by atoms with van der Waals surface area (Å²) in [4.78, 5) is 11.1. The van der Waals surface area contributed by atoms with E-state index < -0.39 is 11.5 Å². The van der Waals surface area contributed by atoms with Gasteiger partial charge in [0.1, 0.15) is 5.82 Å². The highest BCUT2D eigenvalue weighted by molar-refractivity contribution is 5.92. The van der Waals surface area contributed by atoms with Crippen LogP contribution in [0.2, 0.25) is 0 Å². The molecule has 1 amide bonds. The van der Waals surface area contributed by atoms with Crippen molar-refractivity contribution >= 4 is 5.91 Å². The van der Waals surface area contributed by atoms with Crippen molar-refractivity contribution in [2.45, 2.75) is 44.2 Å². The number of hydrogen-bond donors (Lipinski definition) is 3. The zero-order chi connectivity index (χ0) is 14.6. The maximum Gasteiger partial charge on any atom is 0.248 e.